The number of aryl methyl sites for hydroxylation is 2. The maximum atomic E-state index is 4.68. The summed E-state index contributed by atoms with van der Waals surface area (Å²) in [4.78, 5) is 9.14. The van der Waals surface area contributed by atoms with Crippen molar-refractivity contribution in [3.63, 3.8) is 0 Å². The molecule has 0 amide bonds. The van der Waals surface area contributed by atoms with E-state index in [1.165, 1.54) is 11.1 Å². The van der Waals surface area contributed by atoms with Crippen LogP contribution >= 0.6 is 0 Å². The van der Waals surface area contributed by atoms with Crippen LogP contribution in [0.3, 0.4) is 0 Å². The van der Waals surface area contributed by atoms with Gasteiger partial charge < -0.3 is 5.32 Å². The lowest BCUT2D eigenvalue weighted by Crippen LogP contribution is -2.11. The highest BCUT2D eigenvalue weighted by Gasteiger charge is 2.13. The monoisotopic (exact) mass is 343 g/mol. The second kappa shape index (κ2) is 6.59. The number of rotatable bonds is 4. The second-order valence-corrected chi connectivity index (χ2v) is 6.57. The first kappa shape index (κ1) is 16.3. The molecule has 4 aromatic rings. The molecule has 26 heavy (non-hydrogen) atoms. The van der Waals surface area contributed by atoms with Crippen molar-refractivity contribution < 1.29 is 0 Å². The Morgan fingerprint density at radius 2 is 1.65 bits per heavy atom. The molecule has 2 heterocycles. The first-order chi connectivity index (χ1) is 12.6. The molecule has 0 bridgehead atoms. The van der Waals surface area contributed by atoms with Crippen LogP contribution < -0.4 is 5.32 Å². The van der Waals surface area contributed by atoms with E-state index < -0.39 is 0 Å². The lowest BCUT2D eigenvalue weighted by molar-refractivity contribution is 0.838. The van der Waals surface area contributed by atoms with Crippen LogP contribution in [0, 0.1) is 13.8 Å². The van der Waals surface area contributed by atoms with Gasteiger partial charge in [0.2, 0.25) is 0 Å². The minimum atomic E-state index is 0.147. The summed E-state index contributed by atoms with van der Waals surface area (Å²) in [5.41, 5.74) is 4.32. The van der Waals surface area contributed by atoms with E-state index in [9.17, 15) is 0 Å². The molecule has 0 saturated carbocycles. The molecule has 1 N–H and O–H groups in total. The lowest BCUT2D eigenvalue weighted by atomic mass is 10.1. The first-order valence-corrected chi connectivity index (χ1v) is 8.73. The zero-order valence-electron chi connectivity index (χ0n) is 15.1. The highest BCUT2D eigenvalue weighted by atomic mass is 15.4. The van der Waals surface area contributed by atoms with Gasteiger partial charge in [-0.3, -0.25) is 0 Å². The molecule has 0 saturated heterocycles. The van der Waals surface area contributed by atoms with Crippen LogP contribution in [0.5, 0.6) is 0 Å². The number of fused-ring (bicyclic) bond motifs is 1. The molecular formula is C21H21N5. The number of hydrogen-bond donors (Lipinski definition) is 1. The minimum Gasteiger partial charge on any atom is -0.363 e. The van der Waals surface area contributed by atoms with Gasteiger partial charge in [-0.2, -0.15) is 9.50 Å². The molecule has 0 radical (unpaired) electrons. The zero-order chi connectivity index (χ0) is 18.1. The molecule has 5 heteroatoms. The van der Waals surface area contributed by atoms with Gasteiger partial charge in [0, 0.05) is 23.4 Å². The third-order valence-corrected chi connectivity index (χ3v) is 4.41. The fourth-order valence-electron chi connectivity index (χ4n) is 2.96. The Labute approximate surface area is 152 Å². The number of benzene rings is 2. The highest BCUT2D eigenvalue weighted by Crippen LogP contribution is 2.22. The van der Waals surface area contributed by atoms with Gasteiger partial charge in [-0.15, -0.1) is 5.10 Å². The molecule has 0 unspecified atom stereocenters. The topological polar surface area (TPSA) is 55.1 Å². The predicted molar refractivity (Wildman–Crippen MR) is 104 cm³/mol. The smallest absolute Gasteiger partial charge is 0.254 e. The summed E-state index contributed by atoms with van der Waals surface area (Å²) < 4.78 is 1.78. The van der Waals surface area contributed by atoms with E-state index in [-0.39, 0.29) is 6.04 Å². The third kappa shape index (κ3) is 3.16. The molecule has 4 rings (SSSR count). The molecule has 0 aliphatic rings. The molecule has 0 spiro atoms. The Bertz CT molecular complexity index is 1040. The fourth-order valence-corrected chi connectivity index (χ4v) is 2.96. The average Bonchev–Trinajstić information content (AvgIpc) is 3.07. The van der Waals surface area contributed by atoms with Crippen LogP contribution in [0.1, 0.15) is 29.8 Å². The molecular weight excluding hydrogens is 322 g/mol. The maximum Gasteiger partial charge on any atom is 0.254 e. The fraction of sp³-hybridized carbons (Fsp3) is 0.190. The van der Waals surface area contributed by atoms with E-state index in [1.54, 1.807) is 4.52 Å². The summed E-state index contributed by atoms with van der Waals surface area (Å²) >= 11 is 0. The summed E-state index contributed by atoms with van der Waals surface area (Å²) in [6.07, 6.45) is 0. The molecule has 0 aliphatic carbocycles. The summed E-state index contributed by atoms with van der Waals surface area (Å²) in [5, 5.41) is 8.22. The van der Waals surface area contributed by atoms with Crippen LogP contribution in [0.4, 0.5) is 5.82 Å². The van der Waals surface area contributed by atoms with Gasteiger partial charge >= 0.3 is 0 Å². The predicted octanol–water partition coefficient (Wildman–Crippen LogP) is 4.58. The van der Waals surface area contributed by atoms with Crippen molar-refractivity contribution >= 4 is 11.6 Å². The Balaban J connectivity index is 1.73. The van der Waals surface area contributed by atoms with Crippen molar-refractivity contribution in [2.24, 2.45) is 0 Å². The van der Waals surface area contributed by atoms with Crippen LogP contribution in [0.15, 0.2) is 60.7 Å². The van der Waals surface area contributed by atoms with Crippen molar-refractivity contribution in [1.29, 1.82) is 0 Å². The van der Waals surface area contributed by atoms with Gasteiger partial charge in [-0.1, -0.05) is 60.2 Å². The van der Waals surface area contributed by atoms with Crippen LogP contribution in [0.2, 0.25) is 0 Å². The molecule has 130 valence electrons. The average molecular weight is 343 g/mol. The lowest BCUT2D eigenvalue weighted by Gasteiger charge is -2.16. The number of anilines is 1. The summed E-state index contributed by atoms with van der Waals surface area (Å²) in [6, 6.07) is 20.7. The third-order valence-electron chi connectivity index (χ3n) is 4.41. The highest BCUT2D eigenvalue weighted by molar-refractivity contribution is 5.59. The zero-order valence-corrected chi connectivity index (χ0v) is 15.1. The summed E-state index contributed by atoms with van der Waals surface area (Å²) in [5.74, 6) is 2.16. The Kier molecular flexibility index (Phi) is 4.13. The van der Waals surface area contributed by atoms with Gasteiger partial charge in [0.05, 0.1) is 0 Å². The summed E-state index contributed by atoms with van der Waals surface area (Å²) in [6.45, 7) is 6.17. The van der Waals surface area contributed by atoms with Crippen LogP contribution in [-0.2, 0) is 0 Å². The molecule has 2 aromatic heterocycles. The molecule has 0 aliphatic heterocycles. The maximum absolute atomic E-state index is 4.68. The number of aromatic nitrogens is 4. The molecule has 1 atom stereocenters. The largest absolute Gasteiger partial charge is 0.363 e. The van der Waals surface area contributed by atoms with Crippen molar-refractivity contribution in [1.82, 2.24) is 19.6 Å². The van der Waals surface area contributed by atoms with E-state index in [1.807, 2.05) is 43.3 Å². The van der Waals surface area contributed by atoms with Gasteiger partial charge in [-0.05, 0) is 26.3 Å². The number of nitrogens with zero attached hydrogens (tertiary/aromatic N) is 4. The van der Waals surface area contributed by atoms with Crippen molar-refractivity contribution in [3.8, 4) is 11.4 Å². The van der Waals surface area contributed by atoms with Crippen molar-refractivity contribution in [2.45, 2.75) is 26.8 Å². The SMILES string of the molecule is Cc1ccc(-c2nc3nc(C)cc(N[C@H](C)c4ccccc4)n3n2)cc1. The van der Waals surface area contributed by atoms with Crippen molar-refractivity contribution in [3.05, 3.63) is 77.5 Å². The Hall–Kier alpha value is -3.21. The van der Waals surface area contributed by atoms with E-state index in [0.717, 1.165) is 17.1 Å². The normalized spacial score (nSPS) is 12.3. The minimum absolute atomic E-state index is 0.147. The standard InChI is InChI=1S/C21H21N5/c1-14-9-11-18(12-10-14)20-24-21-22-15(2)13-19(26(21)25-20)23-16(3)17-7-5-4-6-8-17/h4-13,16,23H,1-3H3/t16-/m1/s1. The van der Waals surface area contributed by atoms with Gasteiger partial charge in [0.25, 0.3) is 5.78 Å². The van der Waals surface area contributed by atoms with Gasteiger partial charge in [0.1, 0.15) is 5.82 Å². The molecule has 2 aromatic carbocycles. The quantitative estimate of drug-likeness (QED) is 0.589. The number of hydrogen-bond acceptors (Lipinski definition) is 4. The van der Waals surface area contributed by atoms with Crippen LogP contribution in [-0.4, -0.2) is 19.6 Å². The van der Waals surface area contributed by atoms with Crippen molar-refractivity contribution in [2.75, 3.05) is 5.32 Å². The van der Waals surface area contributed by atoms with Crippen LogP contribution in [0.25, 0.3) is 17.2 Å². The Morgan fingerprint density at radius 1 is 0.923 bits per heavy atom. The van der Waals surface area contributed by atoms with Gasteiger partial charge in [-0.25, -0.2) is 4.98 Å². The van der Waals surface area contributed by atoms with E-state index in [4.69, 9.17) is 0 Å². The van der Waals surface area contributed by atoms with E-state index in [0.29, 0.717) is 11.6 Å². The van der Waals surface area contributed by atoms with E-state index >= 15 is 0 Å². The Morgan fingerprint density at radius 3 is 2.38 bits per heavy atom. The number of nitrogens with one attached hydrogen (secondary N) is 1. The first-order valence-electron chi connectivity index (χ1n) is 8.73. The van der Waals surface area contributed by atoms with Gasteiger partial charge in [0.15, 0.2) is 5.82 Å². The molecule has 0 fully saturated rings. The van der Waals surface area contributed by atoms with E-state index in [2.05, 4.69) is 58.5 Å². The summed E-state index contributed by atoms with van der Waals surface area (Å²) in [7, 11) is 0. The molecule has 5 nitrogen and oxygen atoms in total. The second-order valence-electron chi connectivity index (χ2n) is 6.57.